The zero-order valence-electron chi connectivity index (χ0n) is 10.9. The lowest BCUT2D eigenvalue weighted by atomic mass is 10.3. The Balaban J connectivity index is 2.64. The van der Waals surface area contributed by atoms with E-state index in [1.165, 1.54) is 0 Å². The monoisotopic (exact) mass is 354 g/mol. The van der Waals surface area contributed by atoms with Crippen LogP contribution in [0.2, 0.25) is 0 Å². The number of para-hydroxylation sites is 1. The molecule has 1 aromatic rings. The highest BCUT2D eigenvalue weighted by Gasteiger charge is 2.38. The van der Waals surface area contributed by atoms with E-state index in [2.05, 4.69) is 15.4 Å². The predicted molar refractivity (Wildman–Crippen MR) is 80.8 cm³/mol. The molecule has 0 aliphatic carbocycles. The molecule has 0 fully saturated rings. The molecule has 6 nitrogen and oxygen atoms in total. The second-order valence-electron chi connectivity index (χ2n) is 3.68. The van der Waals surface area contributed by atoms with E-state index in [1.807, 2.05) is 0 Å². The number of ether oxygens (including phenoxy) is 2. The van der Waals surface area contributed by atoms with Crippen molar-refractivity contribution in [1.82, 2.24) is 5.32 Å². The Morgan fingerprint density at radius 2 is 1.81 bits per heavy atom. The van der Waals surface area contributed by atoms with Gasteiger partial charge in [0.15, 0.2) is 0 Å². The van der Waals surface area contributed by atoms with Gasteiger partial charge in [0.25, 0.3) is 0 Å². The van der Waals surface area contributed by atoms with Crippen molar-refractivity contribution in [3.8, 4) is 0 Å². The molecular formula is C12H13Cl3N2O4. The van der Waals surface area contributed by atoms with E-state index in [-0.39, 0.29) is 6.61 Å². The second-order valence-corrected chi connectivity index (χ2v) is 6.05. The van der Waals surface area contributed by atoms with E-state index >= 15 is 0 Å². The van der Waals surface area contributed by atoms with Gasteiger partial charge in [0, 0.05) is 5.69 Å². The summed E-state index contributed by atoms with van der Waals surface area (Å²) in [4.78, 5) is 23.0. The van der Waals surface area contributed by atoms with E-state index in [0.29, 0.717) is 5.69 Å². The van der Waals surface area contributed by atoms with Gasteiger partial charge < -0.3 is 9.47 Å². The minimum absolute atomic E-state index is 0.120. The summed E-state index contributed by atoms with van der Waals surface area (Å²) in [5.74, 6) is 0. The first kappa shape index (κ1) is 17.7. The van der Waals surface area contributed by atoms with Crippen molar-refractivity contribution in [1.29, 1.82) is 0 Å². The largest absolute Gasteiger partial charge is 0.450 e. The molecule has 21 heavy (non-hydrogen) atoms. The number of alkyl halides is 3. The minimum Gasteiger partial charge on any atom is -0.450 e. The zero-order chi connectivity index (χ0) is 15.9. The lowest BCUT2D eigenvalue weighted by Gasteiger charge is -2.24. The Kier molecular flexibility index (Phi) is 6.87. The maximum absolute atomic E-state index is 11.7. The topological polar surface area (TPSA) is 76.7 Å². The van der Waals surface area contributed by atoms with Crippen LogP contribution in [0.15, 0.2) is 30.3 Å². The SMILES string of the molecule is CCOC(=O)N[C@H](OC(=O)Nc1ccccc1)C(Cl)(Cl)Cl. The number of hydrogen-bond acceptors (Lipinski definition) is 4. The molecule has 0 bridgehead atoms. The van der Waals surface area contributed by atoms with Crippen molar-refractivity contribution in [2.24, 2.45) is 0 Å². The highest BCUT2D eigenvalue weighted by atomic mass is 35.6. The zero-order valence-corrected chi connectivity index (χ0v) is 13.2. The van der Waals surface area contributed by atoms with Crippen LogP contribution in [0.1, 0.15) is 6.92 Å². The lowest BCUT2D eigenvalue weighted by Crippen LogP contribution is -2.47. The average Bonchev–Trinajstić information content (AvgIpc) is 2.38. The number of hydrogen-bond donors (Lipinski definition) is 2. The average molecular weight is 356 g/mol. The van der Waals surface area contributed by atoms with Crippen molar-refractivity contribution >= 4 is 52.7 Å². The number of benzene rings is 1. The van der Waals surface area contributed by atoms with Gasteiger partial charge in [-0.25, -0.2) is 9.59 Å². The molecule has 0 heterocycles. The van der Waals surface area contributed by atoms with Crippen molar-refractivity contribution in [3.05, 3.63) is 30.3 Å². The lowest BCUT2D eigenvalue weighted by molar-refractivity contribution is 0.0795. The van der Waals surface area contributed by atoms with Crippen LogP contribution in [-0.4, -0.2) is 28.8 Å². The number of alkyl carbamates (subject to hydrolysis) is 1. The molecular weight excluding hydrogens is 343 g/mol. The standard InChI is InChI=1S/C12H13Cl3N2O4/c1-2-20-10(18)17-9(12(13,14)15)21-11(19)16-8-6-4-3-5-7-8/h3-7,9H,2H2,1H3,(H,16,19)(H,17,18)/t9-/m1/s1. The van der Waals surface area contributed by atoms with Crippen LogP contribution >= 0.6 is 34.8 Å². The second kappa shape index (κ2) is 8.17. The van der Waals surface area contributed by atoms with Gasteiger partial charge in [0.1, 0.15) is 0 Å². The van der Waals surface area contributed by atoms with E-state index in [1.54, 1.807) is 37.3 Å². The van der Waals surface area contributed by atoms with E-state index < -0.39 is 22.2 Å². The van der Waals surface area contributed by atoms with Gasteiger partial charge in [-0.2, -0.15) is 0 Å². The number of carbonyl (C=O) groups is 2. The highest BCUT2D eigenvalue weighted by molar-refractivity contribution is 6.68. The molecule has 0 saturated heterocycles. The third-order valence-corrected chi connectivity index (χ3v) is 2.66. The molecule has 0 saturated carbocycles. The van der Waals surface area contributed by atoms with Crippen LogP contribution in [0.5, 0.6) is 0 Å². The maximum Gasteiger partial charge on any atom is 0.413 e. The summed E-state index contributed by atoms with van der Waals surface area (Å²) in [6.45, 7) is 1.72. The molecule has 0 aliphatic heterocycles. The number of amides is 2. The Morgan fingerprint density at radius 3 is 2.33 bits per heavy atom. The summed E-state index contributed by atoms with van der Waals surface area (Å²) in [5.41, 5.74) is 0.488. The molecule has 0 aromatic heterocycles. The van der Waals surface area contributed by atoms with Gasteiger partial charge in [-0.3, -0.25) is 10.6 Å². The first-order valence-corrected chi connectivity index (χ1v) is 6.99. The third kappa shape index (κ3) is 6.75. The summed E-state index contributed by atoms with van der Waals surface area (Å²) in [5, 5.41) is 4.56. The molecule has 1 atom stereocenters. The summed E-state index contributed by atoms with van der Waals surface area (Å²) >= 11 is 16.9. The van der Waals surface area contributed by atoms with Crippen molar-refractivity contribution < 1.29 is 19.1 Å². The molecule has 0 spiro atoms. The van der Waals surface area contributed by atoms with Crippen LogP contribution in [0.4, 0.5) is 15.3 Å². The van der Waals surface area contributed by atoms with Gasteiger partial charge in [-0.1, -0.05) is 53.0 Å². The number of carbonyl (C=O) groups excluding carboxylic acids is 2. The summed E-state index contributed by atoms with van der Waals surface area (Å²) in [6.07, 6.45) is -3.28. The van der Waals surface area contributed by atoms with Gasteiger partial charge >= 0.3 is 12.2 Å². The maximum atomic E-state index is 11.7. The normalized spacial score (nSPS) is 12.2. The van der Waals surface area contributed by atoms with Gasteiger partial charge in [-0.05, 0) is 19.1 Å². The quantitative estimate of drug-likeness (QED) is 0.638. The first-order valence-electron chi connectivity index (χ1n) is 5.85. The van der Waals surface area contributed by atoms with Crippen molar-refractivity contribution in [3.63, 3.8) is 0 Å². The van der Waals surface area contributed by atoms with Crippen LogP contribution in [0.25, 0.3) is 0 Å². The molecule has 1 rings (SSSR count). The Hall–Kier alpha value is -1.37. The molecule has 9 heteroatoms. The smallest absolute Gasteiger partial charge is 0.413 e. The Morgan fingerprint density at radius 1 is 1.19 bits per heavy atom. The Labute approximate surface area is 136 Å². The fourth-order valence-electron chi connectivity index (χ4n) is 1.23. The van der Waals surface area contributed by atoms with E-state index in [9.17, 15) is 9.59 Å². The van der Waals surface area contributed by atoms with Gasteiger partial charge in [-0.15, -0.1) is 0 Å². The number of rotatable bonds is 4. The van der Waals surface area contributed by atoms with Crippen molar-refractivity contribution in [2.45, 2.75) is 16.9 Å². The van der Waals surface area contributed by atoms with Crippen LogP contribution < -0.4 is 10.6 Å². The fraction of sp³-hybridized carbons (Fsp3) is 0.333. The Bertz CT molecular complexity index is 479. The van der Waals surface area contributed by atoms with Gasteiger partial charge in [0.2, 0.25) is 10.0 Å². The first-order chi connectivity index (χ1) is 9.82. The fourth-order valence-corrected chi connectivity index (χ4v) is 1.53. The molecule has 2 N–H and O–H groups in total. The summed E-state index contributed by atoms with van der Waals surface area (Å²) in [6, 6.07) is 8.51. The van der Waals surface area contributed by atoms with E-state index in [4.69, 9.17) is 39.5 Å². The molecule has 2 amide bonds. The van der Waals surface area contributed by atoms with Crippen LogP contribution in [0.3, 0.4) is 0 Å². The van der Waals surface area contributed by atoms with E-state index in [0.717, 1.165) is 0 Å². The van der Waals surface area contributed by atoms with Gasteiger partial charge in [0.05, 0.1) is 6.61 Å². The van der Waals surface area contributed by atoms with Crippen molar-refractivity contribution in [2.75, 3.05) is 11.9 Å². The number of halogens is 3. The highest BCUT2D eigenvalue weighted by Crippen LogP contribution is 2.31. The molecule has 116 valence electrons. The number of anilines is 1. The third-order valence-electron chi connectivity index (χ3n) is 2.07. The van der Waals surface area contributed by atoms with Crippen LogP contribution in [0, 0.1) is 0 Å². The predicted octanol–water partition coefficient (Wildman–Crippen LogP) is 3.68. The minimum atomic E-state index is -2.05. The van der Waals surface area contributed by atoms with Crippen LogP contribution in [-0.2, 0) is 9.47 Å². The number of nitrogens with one attached hydrogen (secondary N) is 2. The summed E-state index contributed by atoms with van der Waals surface area (Å²) < 4.78 is 7.45. The molecule has 1 aromatic carbocycles. The summed E-state index contributed by atoms with van der Waals surface area (Å²) in [7, 11) is 0. The molecule has 0 unspecified atom stereocenters. The molecule has 0 aliphatic rings. The molecule has 0 radical (unpaired) electrons.